The summed E-state index contributed by atoms with van der Waals surface area (Å²) < 4.78 is 4.63. The van der Waals surface area contributed by atoms with Crippen molar-refractivity contribution in [1.29, 1.82) is 0 Å². The fourth-order valence-corrected chi connectivity index (χ4v) is 0.871. The van der Waals surface area contributed by atoms with Gasteiger partial charge in [0.05, 0.1) is 13.2 Å². The second kappa shape index (κ2) is 6.88. The van der Waals surface area contributed by atoms with E-state index in [1.54, 1.807) is 27.7 Å². The van der Waals surface area contributed by atoms with E-state index >= 15 is 0 Å². The molecule has 0 spiro atoms. The molecule has 17 heavy (non-hydrogen) atoms. The Morgan fingerprint density at radius 1 is 1.06 bits per heavy atom. The summed E-state index contributed by atoms with van der Waals surface area (Å²) in [5, 5.41) is 4.82. The second-order valence-corrected chi connectivity index (χ2v) is 4.51. The molecule has 0 unspecified atom stereocenters. The molecule has 0 aromatic rings. The fourth-order valence-electron chi connectivity index (χ4n) is 0.871. The van der Waals surface area contributed by atoms with Crippen LogP contribution in [0.2, 0.25) is 0 Å². The first-order valence-corrected chi connectivity index (χ1v) is 5.48. The number of hydrogen-bond donors (Lipinski definition) is 2. The van der Waals surface area contributed by atoms with Crippen LogP contribution in [-0.4, -0.2) is 37.5 Å². The minimum Gasteiger partial charge on any atom is -0.465 e. The number of carbonyl (C=O) groups excluding carboxylic acids is 3. The molecule has 0 fully saturated rings. The summed E-state index contributed by atoms with van der Waals surface area (Å²) in [6.45, 7) is 6.88. The summed E-state index contributed by atoms with van der Waals surface area (Å²) in [5.74, 6) is -1.14. The summed E-state index contributed by atoms with van der Waals surface area (Å²) in [6.07, 6.45) is 0. The Labute approximate surface area is 101 Å². The number of nitrogens with one attached hydrogen (secondary N) is 2. The SMILES string of the molecule is CCOC(=O)CNC(=O)CNC(=O)C(C)(C)C. The van der Waals surface area contributed by atoms with Gasteiger partial charge in [0.1, 0.15) is 6.54 Å². The third-order valence-corrected chi connectivity index (χ3v) is 1.83. The van der Waals surface area contributed by atoms with Crippen molar-refractivity contribution < 1.29 is 19.1 Å². The first-order valence-electron chi connectivity index (χ1n) is 5.48. The van der Waals surface area contributed by atoms with Crippen molar-refractivity contribution in [2.75, 3.05) is 19.7 Å². The molecule has 0 saturated carbocycles. The van der Waals surface area contributed by atoms with Crippen LogP contribution in [0.3, 0.4) is 0 Å². The van der Waals surface area contributed by atoms with Gasteiger partial charge in [0, 0.05) is 5.41 Å². The average molecular weight is 244 g/mol. The molecule has 98 valence electrons. The molecule has 0 bridgehead atoms. The van der Waals surface area contributed by atoms with Crippen molar-refractivity contribution in [2.45, 2.75) is 27.7 Å². The maximum absolute atomic E-state index is 11.4. The summed E-state index contributed by atoms with van der Waals surface area (Å²) in [7, 11) is 0. The lowest BCUT2D eigenvalue weighted by molar-refractivity contribution is -0.143. The van der Waals surface area contributed by atoms with Crippen LogP contribution in [-0.2, 0) is 19.1 Å². The van der Waals surface area contributed by atoms with Gasteiger partial charge in [-0.05, 0) is 6.92 Å². The Morgan fingerprint density at radius 2 is 1.65 bits per heavy atom. The van der Waals surface area contributed by atoms with Crippen LogP contribution >= 0.6 is 0 Å². The van der Waals surface area contributed by atoms with E-state index in [9.17, 15) is 14.4 Å². The predicted octanol–water partition coefficient (Wildman–Crippen LogP) is -0.172. The monoisotopic (exact) mass is 244 g/mol. The molecular weight excluding hydrogens is 224 g/mol. The summed E-state index contributed by atoms with van der Waals surface area (Å²) in [4.78, 5) is 33.6. The molecule has 0 aliphatic carbocycles. The van der Waals surface area contributed by atoms with Crippen molar-refractivity contribution >= 4 is 17.8 Å². The van der Waals surface area contributed by atoms with Crippen LogP contribution in [0.4, 0.5) is 0 Å². The van der Waals surface area contributed by atoms with E-state index in [1.165, 1.54) is 0 Å². The van der Waals surface area contributed by atoms with Crippen LogP contribution in [0.5, 0.6) is 0 Å². The predicted molar refractivity (Wildman–Crippen MR) is 62.1 cm³/mol. The quantitative estimate of drug-likeness (QED) is 0.657. The largest absolute Gasteiger partial charge is 0.465 e. The zero-order chi connectivity index (χ0) is 13.5. The van der Waals surface area contributed by atoms with E-state index in [-0.39, 0.29) is 25.6 Å². The molecule has 6 nitrogen and oxygen atoms in total. The van der Waals surface area contributed by atoms with Gasteiger partial charge >= 0.3 is 5.97 Å². The van der Waals surface area contributed by atoms with Gasteiger partial charge in [0.15, 0.2) is 0 Å². The second-order valence-electron chi connectivity index (χ2n) is 4.51. The van der Waals surface area contributed by atoms with E-state index in [1.807, 2.05) is 0 Å². The molecule has 6 heteroatoms. The average Bonchev–Trinajstić information content (AvgIpc) is 2.22. The zero-order valence-corrected chi connectivity index (χ0v) is 10.8. The molecule has 0 rings (SSSR count). The molecule has 2 N–H and O–H groups in total. The lowest BCUT2D eigenvalue weighted by Crippen LogP contribution is -2.43. The Balaban J connectivity index is 3.82. The molecule has 2 amide bonds. The number of ether oxygens (including phenoxy) is 1. The van der Waals surface area contributed by atoms with E-state index in [0.29, 0.717) is 0 Å². The smallest absolute Gasteiger partial charge is 0.325 e. The number of esters is 1. The van der Waals surface area contributed by atoms with Gasteiger partial charge in [0.2, 0.25) is 11.8 Å². The fraction of sp³-hybridized carbons (Fsp3) is 0.727. The molecular formula is C11H20N2O4. The van der Waals surface area contributed by atoms with Crippen molar-refractivity contribution in [3.63, 3.8) is 0 Å². The normalized spacial score (nSPS) is 10.6. The van der Waals surface area contributed by atoms with Gasteiger partial charge in [-0.15, -0.1) is 0 Å². The van der Waals surface area contributed by atoms with Gasteiger partial charge in [-0.25, -0.2) is 0 Å². The van der Waals surface area contributed by atoms with Gasteiger partial charge in [0.25, 0.3) is 0 Å². The number of rotatable bonds is 5. The van der Waals surface area contributed by atoms with Crippen LogP contribution in [0, 0.1) is 5.41 Å². The standard InChI is InChI=1S/C11H20N2O4/c1-5-17-9(15)7-12-8(14)6-13-10(16)11(2,3)4/h5-7H2,1-4H3,(H,12,14)(H,13,16). The Hall–Kier alpha value is -1.59. The third kappa shape index (κ3) is 7.32. The van der Waals surface area contributed by atoms with Gasteiger partial charge < -0.3 is 15.4 Å². The van der Waals surface area contributed by atoms with E-state index in [2.05, 4.69) is 15.4 Å². The van der Waals surface area contributed by atoms with Gasteiger partial charge in [-0.1, -0.05) is 20.8 Å². The summed E-state index contributed by atoms with van der Waals surface area (Å²) in [5.41, 5.74) is -0.540. The first kappa shape index (κ1) is 15.4. The van der Waals surface area contributed by atoms with E-state index in [4.69, 9.17) is 0 Å². The zero-order valence-electron chi connectivity index (χ0n) is 10.8. The van der Waals surface area contributed by atoms with Crippen molar-refractivity contribution in [3.05, 3.63) is 0 Å². The van der Waals surface area contributed by atoms with Crippen LogP contribution < -0.4 is 10.6 Å². The van der Waals surface area contributed by atoms with Gasteiger partial charge in [-0.2, -0.15) is 0 Å². The Morgan fingerprint density at radius 3 is 2.12 bits per heavy atom. The topological polar surface area (TPSA) is 84.5 Å². The Bertz CT molecular complexity index is 294. The van der Waals surface area contributed by atoms with Gasteiger partial charge in [-0.3, -0.25) is 14.4 Å². The van der Waals surface area contributed by atoms with Crippen molar-refractivity contribution in [3.8, 4) is 0 Å². The molecule has 0 aliphatic rings. The first-order chi connectivity index (χ1) is 7.77. The molecule has 0 aromatic heterocycles. The summed E-state index contributed by atoms with van der Waals surface area (Å²) >= 11 is 0. The Kier molecular flexibility index (Phi) is 6.23. The van der Waals surface area contributed by atoms with Crippen molar-refractivity contribution in [1.82, 2.24) is 10.6 Å². The maximum Gasteiger partial charge on any atom is 0.325 e. The highest BCUT2D eigenvalue weighted by Gasteiger charge is 2.21. The minimum atomic E-state index is -0.540. The highest BCUT2D eigenvalue weighted by atomic mass is 16.5. The molecule has 0 atom stereocenters. The minimum absolute atomic E-state index is 0.143. The lowest BCUT2D eigenvalue weighted by atomic mass is 9.96. The van der Waals surface area contributed by atoms with Crippen LogP contribution in [0.15, 0.2) is 0 Å². The summed E-state index contributed by atoms with van der Waals surface area (Å²) in [6, 6.07) is 0. The molecule has 0 aromatic carbocycles. The molecule has 0 saturated heterocycles. The van der Waals surface area contributed by atoms with Crippen LogP contribution in [0.25, 0.3) is 0 Å². The number of amides is 2. The molecule has 0 radical (unpaired) electrons. The van der Waals surface area contributed by atoms with E-state index in [0.717, 1.165) is 0 Å². The van der Waals surface area contributed by atoms with Crippen molar-refractivity contribution in [2.24, 2.45) is 5.41 Å². The highest BCUT2D eigenvalue weighted by molar-refractivity contribution is 5.88. The van der Waals surface area contributed by atoms with E-state index < -0.39 is 17.3 Å². The molecule has 0 aliphatic heterocycles. The highest BCUT2D eigenvalue weighted by Crippen LogP contribution is 2.11. The lowest BCUT2D eigenvalue weighted by Gasteiger charge is -2.17. The number of hydrogen-bond acceptors (Lipinski definition) is 4. The maximum atomic E-state index is 11.4. The number of carbonyl (C=O) groups is 3. The third-order valence-electron chi connectivity index (χ3n) is 1.83. The molecule has 0 heterocycles. The van der Waals surface area contributed by atoms with Crippen LogP contribution in [0.1, 0.15) is 27.7 Å².